The standard InChI is InChI=1S/C12H14ClN3O3/c1-3-17-12(18-4-2)11-15-10(16-19-11)9-6-5-8(13)7-14-9/h5-7,12H,3-4H2,1-2H3. The molecule has 6 nitrogen and oxygen atoms in total. The fourth-order valence-corrected chi connectivity index (χ4v) is 1.55. The van der Waals surface area contributed by atoms with Crippen LogP contribution in [0.3, 0.4) is 0 Å². The van der Waals surface area contributed by atoms with Gasteiger partial charge in [-0.25, -0.2) is 0 Å². The van der Waals surface area contributed by atoms with Crippen molar-refractivity contribution in [2.75, 3.05) is 13.2 Å². The third-order valence-electron chi connectivity index (χ3n) is 2.24. The largest absolute Gasteiger partial charge is 0.345 e. The van der Waals surface area contributed by atoms with Crippen molar-refractivity contribution in [2.24, 2.45) is 0 Å². The number of nitrogens with zero attached hydrogens (tertiary/aromatic N) is 3. The first kappa shape index (κ1) is 13.9. The van der Waals surface area contributed by atoms with Crippen molar-refractivity contribution in [1.29, 1.82) is 0 Å². The van der Waals surface area contributed by atoms with Crippen molar-refractivity contribution in [1.82, 2.24) is 15.1 Å². The smallest absolute Gasteiger partial charge is 0.284 e. The molecule has 19 heavy (non-hydrogen) atoms. The molecule has 0 N–H and O–H groups in total. The maximum atomic E-state index is 5.77. The lowest BCUT2D eigenvalue weighted by molar-refractivity contribution is -0.155. The molecule has 0 saturated heterocycles. The molecule has 0 spiro atoms. The van der Waals surface area contributed by atoms with Crippen molar-refractivity contribution >= 4 is 11.6 Å². The molecule has 102 valence electrons. The zero-order valence-corrected chi connectivity index (χ0v) is 11.4. The van der Waals surface area contributed by atoms with Crippen LogP contribution in [0.5, 0.6) is 0 Å². The van der Waals surface area contributed by atoms with Gasteiger partial charge in [0.25, 0.3) is 5.89 Å². The molecule has 2 aromatic heterocycles. The Morgan fingerprint density at radius 2 is 2.00 bits per heavy atom. The maximum absolute atomic E-state index is 5.77. The van der Waals surface area contributed by atoms with Crippen LogP contribution in [0.15, 0.2) is 22.9 Å². The van der Waals surface area contributed by atoms with Gasteiger partial charge in [-0.2, -0.15) is 4.98 Å². The highest BCUT2D eigenvalue weighted by atomic mass is 35.5. The second-order valence-electron chi connectivity index (χ2n) is 3.56. The van der Waals surface area contributed by atoms with Crippen molar-refractivity contribution in [3.05, 3.63) is 29.2 Å². The number of aromatic nitrogens is 3. The molecular weight excluding hydrogens is 270 g/mol. The van der Waals surface area contributed by atoms with Gasteiger partial charge in [0.15, 0.2) is 0 Å². The third-order valence-corrected chi connectivity index (χ3v) is 2.46. The summed E-state index contributed by atoms with van der Waals surface area (Å²) < 4.78 is 15.9. The fraction of sp³-hybridized carbons (Fsp3) is 0.417. The van der Waals surface area contributed by atoms with Crippen molar-refractivity contribution in [2.45, 2.75) is 20.1 Å². The quantitative estimate of drug-likeness (QED) is 0.759. The summed E-state index contributed by atoms with van der Waals surface area (Å²) in [5.41, 5.74) is 0.575. The van der Waals surface area contributed by atoms with Crippen LogP contribution < -0.4 is 0 Å². The topological polar surface area (TPSA) is 70.3 Å². The van der Waals surface area contributed by atoms with E-state index in [1.54, 1.807) is 12.1 Å². The molecule has 0 aliphatic heterocycles. The molecule has 0 amide bonds. The Bertz CT molecular complexity index is 509. The van der Waals surface area contributed by atoms with Crippen LogP contribution in [0.2, 0.25) is 5.02 Å². The molecule has 2 aromatic rings. The Morgan fingerprint density at radius 1 is 1.26 bits per heavy atom. The number of halogens is 1. The van der Waals surface area contributed by atoms with Crippen LogP contribution in [0.25, 0.3) is 11.5 Å². The van der Waals surface area contributed by atoms with Gasteiger partial charge < -0.3 is 14.0 Å². The van der Waals surface area contributed by atoms with Gasteiger partial charge in [-0.3, -0.25) is 4.98 Å². The summed E-state index contributed by atoms with van der Waals surface area (Å²) in [5.74, 6) is 0.645. The first-order chi connectivity index (χ1) is 9.24. The van der Waals surface area contributed by atoms with E-state index >= 15 is 0 Å². The minimum absolute atomic E-state index is 0.274. The van der Waals surface area contributed by atoms with E-state index in [0.717, 1.165) is 0 Å². The molecule has 0 unspecified atom stereocenters. The van der Waals surface area contributed by atoms with E-state index in [0.29, 0.717) is 29.8 Å². The molecule has 0 aliphatic rings. The zero-order valence-electron chi connectivity index (χ0n) is 10.7. The zero-order chi connectivity index (χ0) is 13.7. The van der Waals surface area contributed by atoms with Crippen LogP contribution in [0, 0.1) is 0 Å². The highest BCUT2D eigenvalue weighted by Crippen LogP contribution is 2.21. The summed E-state index contributed by atoms with van der Waals surface area (Å²) in [6, 6.07) is 3.43. The summed E-state index contributed by atoms with van der Waals surface area (Å²) in [6.45, 7) is 4.71. The van der Waals surface area contributed by atoms with Crippen LogP contribution in [0.4, 0.5) is 0 Å². The Kier molecular flexibility index (Phi) is 4.84. The van der Waals surface area contributed by atoms with Gasteiger partial charge in [0.05, 0.1) is 5.02 Å². The van der Waals surface area contributed by atoms with E-state index in [2.05, 4.69) is 15.1 Å². The minimum Gasteiger partial charge on any atom is -0.345 e. The van der Waals surface area contributed by atoms with Gasteiger partial charge >= 0.3 is 0 Å². The summed E-state index contributed by atoms with van der Waals surface area (Å²) in [5, 5.41) is 4.40. The molecular formula is C12H14ClN3O3. The number of ether oxygens (including phenoxy) is 2. The monoisotopic (exact) mass is 283 g/mol. The van der Waals surface area contributed by atoms with Gasteiger partial charge in [-0.1, -0.05) is 16.8 Å². The second-order valence-corrected chi connectivity index (χ2v) is 4.00. The van der Waals surface area contributed by atoms with Gasteiger partial charge in [0, 0.05) is 19.4 Å². The van der Waals surface area contributed by atoms with E-state index in [1.165, 1.54) is 6.20 Å². The van der Waals surface area contributed by atoms with E-state index in [9.17, 15) is 0 Å². The lowest BCUT2D eigenvalue weighted by Gasteiger charge is -2.11. The van der Waals surface area contributed by atoms with E-state index in [-0.39, 0.29) is 5.89 Å². The van der Waals surface area contributed by atoms with Gasteiger partial charge in [-0.05, 0) is 26.0 Å². The number of pyridine rings is 1. The lowest BCUT2D eigenvalue weighted by atomic mass is 10.3. The number of hydrogen-bond donors (Lipinski definition) is 0. The molecule has 0 atom stereocenters. The first-order valence-corrected chi connectivity index (χ1v) is 6.31. The predicted octanol–water partition coefficient (Wildman–Crippen LogP) is 2.86. The van der Waals surface area contributed by atoms with Gasteiger partial charge in [0.2, 0.25) is 12.1 Å². The average molecular weight is 284 g/mol. The Hall–Kier alpha value is -1.50. The highest BCUT2D eigenvalue weighted by Gasteiger charge is 2.20. The van der Waals surface area contributed by atoms with E-state index in [4.69, 9.17) is 25.6 Å². The maximum Gasteiger partial charge on any atom is 0.284 e. The van der Waals surface area contributed by atoms with Crippen molar-refractivity contribution in [3.63, 3.8) is 0 Å². The van der Waals surface area contributed by atoms with Crippen LogP contribution in [-0.2, 0) is 9.47 Å². The SMILES string of the molecule is CCOC(OCC)c1nc(-c2ccc(Cl)cn2)no1. The molecule has 2 heterocycles. The van der Waals surface area contributed by atoms with Crippen molar-refractivity contribution in [3.8, 4) is 11.5 Å². The fourth-order valence-electron chi connectivity index (χ4n) is 1.44. The molecule has 2 rings (SSSR count). The highest BCUT2D eigenvalue weighted by molar-refractivity contribution is 6.30. The Balaban J connectivity index is 2.19. The predicted molar refractivity (Wildman–Crippen MR) is 68.5 cm³/mol. The Morgan fingerprint density at radius 3 is 2.58 bits per heavy atom. The first-order valence-electron chi connectivity index (χ1n) is 5.93. The van der Waals surface area contributed by atoms with Crippen LogP contribution in [0.1, 0.15) is 26.0 Å². The van der Waals surface area contributed by atoms with Crippen LogP contribution in [-0.4, -0.2) is 28.3 Å². The molecule has 7 heteroatoms. The number of rotatable bonds is 6. The van der Waals surface area contributed by atoms with Gasteiger partial charge in [0.1, 0.15) is 5.69 Å². The molecule has 0 fully saturated rings. The summed E-state index contributed by atoms with van der Waals surface area (Å²) in [7, 11) is 0. The van der Waals surface area contributed by atoms with Crippen LogP contribution >= 0.6 is 11.6 Å². The summed E-state index contributed by atoms with van der Waals surface area (Å²) in [4.78, 5) is 8.33. The van der Waals surface area contributed by atoms with E-state index < -0.39 is 6.29 Å². The summed E-state index contributed by atoms with van der Waals surface area (Å²) in [6.07, 6.45) is 0.874. The second kappa shape index (κ2) is 6.60. The molecule has 0 radical (unpaired) electrons. The molecule has 0 aromatic carbocycles. The average Bonchev–Trinajstić information content (AvgIpc) is 2.89. The van der Waals surface area contributed by atoms with Gasteiger partial charge in [-0.15, -0.1) is 0 Å². The molecule has 0 bridgehead atoms. The minimum atomic E-state index is -0.649. The molecule has 0 saturated carbocycles. The lowest BCUT2D eigenvalue weighted by Crippen LogP contribution is -2.09. The number of hydrogen-bond acceptors (Lipinski definition) is 6. The third kappa shape index (κ3) is 3.50. The normalized spacial score (nSPS) is 11.2. The molecule has 0 aliphatic carbocycles. The van der Waals surface area contributed by atoms with Crippen molar-refractivity contribution < 1.29 is 14.0 Å². The van der Waals surface area contributed by atoms with E-state index in [1.807, 2.05) is 13.8 Å². The summed E-state index contributed by atoms with van der Waals surface area (Å²) >= 11 is 5.77. The Labute approximate surface area is 115 Å².